The zero-order valence-corrected chi connectivity index (χ0v) is 19.8. The fraction of sp³-hybridized carbons (Fsp3) is 0.292. The minimum Gasteiger partial charge on any atom is -0.480 e. The summed E-state index contributed by atoms with van der Waals surface area (Å²) in [6.45, 7) is 6.35. The van der Waals surface area contributed by atoms with E-state index >= 15 is 0 Å². The van der Waals surface area contributed by atoms with Gasteiger partial charge in [0.05, 0.1) is 5.56 Å². The molecule has 2 aromatic carbocycles. The molecule has 35 heavy (non-hydrogen) atoms. The molecule has 0 saturated heterocycles. The van der Waals surface area contributed by atoms with Crippen LogP contribution in [0.5, 0.6) is 11.5 Å². The third-order valence-electron chi connectivity index (χ3n) is 4.42. The molecule has 0 radical (unpaired) electrons. The van der Waals surface area contributed by atoms with Crippen LogP contribution in [-0.4, -0.2) is 46.5 Å². The fourth-order valence-electron chi connectivity index (χ4n) is 2.92. The first-order chi connectivity index (χ1) is 16.2. The van der Waals surface area contributed by atoms with Crippen molar-refractivity contribution < 1.29 is 33.8 Å². The van der Waals surface area contributed by atoms with Gasteiger partial charge in [0.25, 0.3) is 5.91 Å². The number of rotatable bonds is 8. The average Bonchev–Trinajstić information content (AvgIpc) is 2.72. The van der Waals surface area contributed by atoms with Crippen LogP contribution in [0, 0.1) is 0 Å². The van der Waals surface area contributed by atoms with Gasteiger partial charge in [-0.05, 0) is 63.6 Å². The van der Waals surface area contributed by atoms with Gasteiger partial charge in [0, 0.05) is 12.0 Å². The van der Waals surface area contributed by atoms with Crippen LogP contribution in [0.15, 0.2) is 47.5 Å². The van der Waals surface area contributed by atoms with E-state index in [1.165, 1.54) is 25.1 Å². The van der Waals surface area contributed by atoms with Gasteiger partial charge >= 0.3 is 12.1 Å². The summed E-state index contributed by atoms with van der Waals surface area (Å²) < 4.78 is 10.9. The Labute approximate surface area is 202 Å². The van der Waals surface area contributed by atoms with E-state index in [1.807, 2.05) is 0 Å². The first-order valence-electron chi connectivity index (χ1n) is 10.5. The lowest BCUT2D eigenvalue weighted by molar-refractivity contribution is -0.139. The number of carboxylic acids is 1. The first-order valence-corrected chi connectivity index (χ1v) is 10.5. The molecule has 0 aliphatic carbocycles. The van der Waals surface area contributed by atoms with Crippen LogP contribution in [0.4, 0.5) is 4.79 Å². The molecule has 186 valence electrons. The number of nitrogens with one attached hydrogen (secondary N) is 1. The topological polar surface area (TPSA) is 183 Å². The molecule has 11 nitrogen and oxygen atoms in total. The molecule has 2 amide bonds. The maximum Gasteiger partial charge on any atom is 0.408 e. The van der Waals surface area contributed by atoms with E-state index in [1.54, 1.807) is 45.0 Å². The number of aliphatic carboxylic acids is 1. The molecular formula is C24H28N4O7. The van der Waals surface area contributed by atoms with Gasteiger partial charge in [-0.3, -0.25) is 9.59 Å². The Bertz CT molecular complexity index is 1150. The van der Waals surface area contributed by atoms with E-state index in [4.69, 9.17) is 20.9 Å². The van der Waals surface area contributed by atoms with Crippen LogP contribution in [0.25, 0.3) is 0 Å². The lowest BCUT2D eigenvalue weighted by Crippen LogP contribution is -2.44. The number of nitrogens with two attached hydrogens (primary N) is 2. The molecule has 0 aromatic heterocycles. The second-order valence-corrected chi connectivity index (χ2v) is 8.60. The third kappa shape index (κ3) is 8.46. The summed E-state index contributed by atoms with van der Waals surface area (Å²) in [6, 6.07) is 9.44. The number of hydrogen-bond acceptors (Lipinski definition) is 6. The SMILES string of the molecule is CC(=O)c1cc(C(=O)N=C(N)N)ccc1Oc1ccc(C[C@H](NC(=O)OC(C)(C)C)C(=O)O)cc1. The van der Waals surface area contributed by atoms with Crippen molar-refractivity contribution in [2.24, 2.45) is 16.5 Å². The van der Waals surface area contributed by atoms with Gasteiger partial charge in [-0.15, -0.1) is 0 Å². The van der Waals surface area contributed by atoms with Gasteiger partial charge in [0.2, 0.25) is 0 Å². The Balaban J connectivity index is 2.16. The zero-order chi connectivity index (χ0) is 26.3. The van der Waals surface area contributed by atoms with Crippen molar-refractivity contribution in [3.8, 4) is 11.5 Å². The van der Waals surface area contributed by atoms with Gasteiger partial charge in [-0.25, -0.2) is 9.59 Å². The number of nitrogens with zero attached hydrogens (tertiary/aromatic N) is 1. The highest BCUT2D eigenvalue weighted by Gasteiger charge is 2.24. The monoisotopic (exact) mass is 484 g/mol. The molecule has 1 atom stereocenters. The summed E-state index contributed by atoms with van der Waals surface area (Å²) in [5.74, 6) is -2.07. The van der Waals surface area contributed by atoms with Crippen LogP contribution in [0.2, 0.25) is 0 Å². The van der Waals surface area contributed by atoms with Gasteiger partial charge in [0.15, 0.2) is 11.7 Å². The number of carbonyl (C=O) groups is 4. The molecule has 2 aromatic rings. The lowest BCUT2D eigenvalue weighted by Gasteiger charge is -2.22. The zero-order valence-electron chi connectivity index (χ0n) is 19.8. The Kier molecular flexibility index (Phi) is 8.54. The van der Waals surface area contributed by atoms with E-state index in [2.05, 4.69) is 10.3 Å². The highest BCUT2D eigenvalue weighted by atomic mass is 16.6. The fourth-order valence-corrected chi connectivity index (χ4v) is 2.92. The average molecular weight is 485 g/mol. The number of ketones is 1. The number of ether oxygens (including phenoxy) is 2. The quantitative estimate of drug-likeness (QED) is 0.248. The number of carboxylic acid groups (broad SMARTS) is 1. The Morgan fingerprint density at radius 3 is 2.20 bits per heavy atom. The summed E-state index contributed by atoms with van der Waals surface area (Å²) in [5.41, 5.74) is 10.6. The van der Waals surface area contributed by atoms with Crippen molar-refractivity contribution in [1.29, 1.82) is 0 Å². The van der Waals surface area contributed by atoms with Crippen molar-refractivity contribution in [1.82, 2.24) is 5.32 Å². The van der Waals surface area contributed by atoms with E-state index in [-0.39, 0.29) is 29.1 Å². The largest absolute Gasteiger partial charge is 0.480 e. The van der Waals surface area contributed by atoms with Crippen molar-refractivity contribution in [2.45, 2.75) is 45.8 Å². The van der Waals surface area contributed by atoms with Crippen LogP contribution in [0.1, 0.15) is 54.0 Å². The predicted octanol–water partition coefficient (Wildman–Crippen LogP) is 2.62. The highest BCUT2D eigenvalue weighted by Crippen LogP contribution is 2.27. The van der Waals surface area contributed by atoms with Gasteiger partial charge in [-0.1, -0.05) is 12.1 Å². The molecule has 0 aliphatic heterocycles. The first kappa shape index (κ1) is 26.8. The Hall–Kier alpha value is -4.41. The van der Waals surface area contributed by atoms with Crippen molar-refractivity contribution >= 4 is 29.7 Å². The maximum atomic E-state index is 12.1. The van der Waals surface area contributed by atoms with Crippen LogP contribution in [-0.2, 0) is 16.0 Å². The molecular weight excluding hydrogens is 456 g/mol. The van der Waals surface area contributed by atoms with E-state index < -0.39 is 35.6 Å². The van der Waals surface area contributed by atoms with Gasteiger partial charge in [-0.2, -0.15) is 4.99 Å². The van der Waals surface area contributed by atoms with E-state index in [9.17, 15) is 24.3 Å². The minimum atomic E-state index is -1.21. The number of alkyl carbamates (subject to hydrolysis) is 1. The molecule has 0 aliphatic rings. The summed E-state index contributed by atoms with van der Waals surface area (Å²) in [4.78, 5) is 51.1. The molecule has 11 heteroatoms. The normalized spacial score (nSPS) is 11.7. The van der Waals surface area contributed by atoms with Crippen LogP contribution < -0.4 is 21.5 Å². The second kappa shape index (κ2) is 11.1. The molecule has 2 rings (SSSR count). The molecule has 0 spiro atoms. The van der Waals surface area contributed by atoms with Gasteiger partial charge in [0.1, 0.15) is 23.1 Å². The molecule has 0 fully saturated rings. The van der Waals surface area contributed by atoms with Crippen molar-refractivity contribution in [3.63, 3.8) is 0 Å². The summed E-state index contributed by atoms with van der Waals surface area (Å²) in [5, 5.41) is 11.8. The maximum absolute atomic E-state index is 12.1. The smallest absolute Gasteiger partial charge is 0.408 e. The summed E-state index contributed by atoms with van der Waals surface area (Å²) in [6.07, 6.45) is -0.821. The summed E-state index contributed by atoms with van der Waals surface area (Å²) in [7, 11) is 0. The number of benzene rings is 2. The molecule has 0 heterocycles. The number of carbonyl (C=O) groups excluding carboxylic acids is 3. The third-order valence-corrected chi connectivity index (χ3v) is 4.42. The highest BCUT2D eigenvalue weighted by molar-refractivity contribution is 6.05. The standard InChI is InChI=1S/C24H28N4O7/c1-13(29)17-12-15(20(30)28-22(25)26)7-10-19(17)34-16-8-5-14(6-9-16)11-18(21(31)32)27-23(33)35-24(2,3)4/h5-10,12,18H,11H2,1-4H3,(H,27,33)(H,31,32)(H4,25,26,28,30)/t18-/m0/s1. The molecule has 6 N–H and O–H groups in total. The Morgan fingerprint density at radius 1 is 1.06 bits per heavy atom. The second-order valence-electron chi connectivity index (χ2n) is 8.60. The van der Waals surface area contributed by atoms with Crippen LogP contribution in [0.3, 0.4) is 0 Å². The number of amides is 2. The predicted molar refractivity (Wildman–Crippen MR) is 128 cm³/mol. The van der Waals surface area contributed by atoms with Gasteiger partial charge < -0.3 is 31.4 Å². The lowest BCUT2D eigenvalue weighted by atomic mass is 10.1. The molecule has 0 saturated carbocycles. The minimum absolute atomic E-state index is 0.00908. The van der Waals surface area contributed by atoms with E-state index in [0.29, 0.717) is 11.3 Å². The van der Waals surface area contributed by atoms with E-state index in [0.717, 1.165) is 0 Å². The van der Waals surface area contributed by atoms with Crippen LogP contribution >= 0.6 is 0 Å². The molecule has 0 unspecified atom stereocenters. The van der Waals surface area contributed by atoms with Crippen molar-refractivity contribution in [3.05, 3.63) is 59.2 Å². The summed E-state index contributed by atoms with van der Waals surface area (Å²) >= 11 is 0. The number of hydrogen-bond donors (Lipinski definition) is 4. The Morgan fingerprint density at radius 2 is 1.69 bits per heavy atom. The van der Waals surface area contributed by atoms with Crippen molar-refractivity contribution in [2.75, 3.05) is 0 Å². The number of guanidine groups is 1. The molecule has 0 bridgehead atoms. The number of Topliss-reactive ketones (excluding diaryl/α,β-unsaturated/α-hetero) is 1. The number of aliphatic imine (C=N–C) groups is 1.